The molecule has 0 saturated heterocycles. The van der Waals surface area contributed by atoms with Crippen molar-refractivity contribution >= 4 is 33.9 Å². The maximum atomic E-state index is 12.2. The molecule has 1 heterocycles. The van der Waals surface area contributed by atoms with E-state index in [-0.39, 0.29) is 11.6 Å². The number of hydrogen-bond acceptors (Lipinski definition) is 3. The van der Waals surface area contributed by atoms with Crippen LogP contribution in [0.5, 0.6) is 5.75 Å². The zero-order chi connectivity index (χ0) is 16.4. The number of pyridine rings is 1. The predicted octanol–water partition coefficient (Wildman–Crippen LogP) is 5.53. The van der Waals surface area contributed by atoms with E-state index in [1.165, 1.54) is 12.3 Å². The highest BCUT2D eigenvalue weighted by Gasteiger charge is 2.31. The van der Waals surface area contributed by atoms with Crippen molar-refractivity contribution in [3.8, 4) is 5.75 Å². The second-order valence-electron chi connectivity index (χ2n) is 4.73. The van der Waals surface area contributed by atoms with Gasteiger partial charge in [0.1, 0.15) is 11.6 Å². The molecule has 23 heavy (non-hydrogen) atoms. The molecule has 0 atom stereocenters. The van der Waals surface area contributed by atoms with Crippen molar-refractivity contribution in [1.29, 1.82) is 0 Å². The number of rotatable bonds is 3. The summed E-state index contributed by atoms with van der Waals surface area (Å²) in [5.41, 5.74) is 0.655. The molecule has 0 aliphatic heterocycles. The Bertz CT molecular complexity index is 852. The molecular weight excluding hydrogens is 329 g/mol. The quantitative estimate of drug-likeness (QED) is 0.681. The van der Waals surface area contributed by atoms with E-state index in [1.54, 1.807) is 18.2 Å². The largest absolute Gasteiger partial charge is 0.573 e. The summed E-state index contributed by atoms with van der Waals surface area (Å²) in [7, 11) is 0. The summed E-state index contributed by atoms with van der Waals surface area (Å²) in [6.45, 7) is 0. The lowest BCUT2D eigenvalue weighted by molar-refractivity contribution is -0.274. The fourth-order valence-electron chi connectivity index (χ4n) is 2.14. The van der Waals surface area contributed by atoms with Crippen molar-refractivity contribution in [2.75, 3.05) is 5.32 Å². The van der Waals surface area contributed by atoms with Crippen molar-refractivity contribution in [1.82, 2.24) is 4.98 Å². The van der Waals surface area contributed by atoms with Gasteiger partial charge in [0.25, 0.3) is 0 Å². The highest BCUT2D eigenvalue weighted by atomic mass is 35.5. The van der Waals surface area contributed by atoms with Crippen LogP contribution in [0.4, 0.5) is 24.7 Å². The smallest absolute Gasteiger partial charge is 0.406 e. The molecule has 0 fully saturated rings. The third-order valence-electron chi connectivity index (χ3n) is 3.07. The molecule has 1 N–H and O–H groups in total. The Labute approximate surface area is 134 Å². The van der Waals surface area contributed by atoms with Gasteiger partial charge in [0.2, 0.25) is 0 Å². The van der Waals surface area contributed by atoms with Gasteiger partial charge in [-0.05, 0) is 29.7 Å². The van der Waals surface area contributed by atoms with Gasteiger partial charge in [-0.15, -0.1) is 13.2 Å². The molecule has 0 spiro atoms. The number of aromatic nitrogens is 1. The summed E-state index contributed by atoms with van der Waals surface area (Å²) >= 11 is 6.14. The highest BCUT2D eigenvalue weighted by molar-refractivity contribution is 6.35. The minimum atomic E-state index is -4.74. The lowest BCUT2D eigenvalue weighted by Gasteiger charge is -2.11. The first kappa shape index (κ1) is 15.4. The molecule has 0 amide bonds. The number of ether oxygens (including phenoxy) is 1. The first-order chi connectivity index (χ1) is 10.9. The molecule has 0 aliphatic carbocycles. The molecule has 0 saturated carbocycles. The number of hydrogen-bond donors (Lipinski definition) is 1. The molecule has 1 aromatic heterocycles. The van der Waals surface area contributed by atoms with Crippen LogP contribution in [-0.2, 0) is 0 Å². The van der Waals surface area contributed by atoms with Gasteiger partial charge in [0, 0.05) is 28.4 Å². The van der Waals surface area contributed by atoms with Gasteiger partial charge >= 0.3 is 6.36 Å². The first-order valence-electron chi connectivity index (χ1n) is 6.58. The fraction of sp³-hybridized carbons (Fsp3) is 0.0625. The SMILES string of the molecule is FC(F)(F)Oc1ccnc(Nc2ccc3cccc(Cl)c3c2)c1. The average Bonchev–Trinajstić information content (AvgIpc) is 2.47. The van der Waals surface area contributed by atoms with Crippen LogP contribution >= 0.6 is 11.6 Å². The number of nitrogens with one attached hydrogen (secondary N) is 1. The third-order valence-corrected chi connectivity index (χ3v) is 3.40. The van der Waals surface area contributed by atoms with Crippen LogP contribution in [0.25, 0.3) is 10.8 Å². The van der Waals surface area contributed by atoms with Crippen molar-refractivity contribution in [2.45, 2.75) is 6.36 Å². The maximum Gasteiger partial charge on any atom is 0.573 e. The van der Waals surface area contributed by atoms with Crippen LogP contribution < -0.4 is 10.1 Å². The summed E-state index contributed by atoms with van der Waals surface area (Å²) in [4.78, 5) is 3.98. The normalized spacial score (nSPS) is 11.5. The summed E-state index contributed by atoms with van der Waals surface area (Å²) in [6.07, 6.45) is -3.51. The summed E-state index contributed by atoms with van der Waals surface area (Å²) in [5, 5.41) is 5.32. The second kappa shape index (κ2) is 5.96. The topological polar surface area (TPSA) is 34.1 Å². The molecule has 0 aliphatic rings. The van der Waals surface area contributed by atoms with Crippen molar-refractivity contribution in [3.05, 3.63) is 59.8 Å². The van der Waals surface area contributed by atoms with Gasteiger partial charge in [0.15, 0.2) is 0 Å². The van der Waals surface area contributed by atoms with E-state index in [0.717, 1.165) is 16.8 Å². The number of alkyl halides is 3. The molecule has 3 nitrogen and oxygen atoms in total. The van der Waals surface area contributed by atoms with E-state index in [1.807, 2.05) is 18.2 Å². The van der Waals surface area contributed by atoms with Crippen molar-refractivity contribution < 1.29 is 17.9 Å². The molecule has 3 aromatic rings. The lowest BCUT2D eigenvalue weighted by Crippen LogP contribution is -2.17. The standard InChI is InChI=1S/C16H10ClF3N2O/c17-14-3-1-2-10-4-5-11(8-13(10)14)22-15-9-12(6-7-21-15)23-16(18,19)20/h1-9H,(H,21,22). The zero-order valence-corrected chi connectivity index (χ0v) is 12.3. The molecule has 2 aromatic carbocycles. The van der Waals surface area contributed by atoms with Gasteiger partial charge in [-0.25, -0.2) is 4.98 Å². The number of fused-ring (bicyclic) bond motifs is 1. The van der Waals surface area contributed by atoms with Crippen molar-refractivity contribution in [2.24, 2.45) is 0 Å². The Balaban J connectivity index is 1.87. The van der Waals surface area contributed by atoms with Gasteiger partial charge in [-0.1, -0.05) is 29.8 Å². The minimum Gasteiger partial charge on any atom is -0.406 e. The van der Waals surface area contributed by atoms with E-state index >= 15 is 0 Å². The Morgan fingerprint density at radius 2 is 1.87 bits per heavy atom. The van der Waals surface area contributed by atoms with Crippen LogP contribution in [0.15, 0.2) is 54.7 Å². The van der Waals surface area contributed by atoms with E-state index < -0.39 is 6.36 Å². The van der Waals surface area contributed by atoms with E-state index in [4.69, 9.17) is 11.6 Å². The lowest BCUT2D eigenvalue weighted by atomic mass is 10.1. The van der Waals surface area contributed by atoms with Crippen LogP contribution in [0.1, 0.15) is 0 Å². The fourth-order valence-corrected chi connectivity index (χ4v) is 2.37. The van der Waals surface area contributed by atoms with Gasteiger partial charge in [-0.2, -0.15) is 0 Å². The van der Waals surface area contributed by atoms with Crippen LogP contribution in [-0.4, -0.2) is 11.3 Å². The predicted molar refractivity (Wildman–Crippen MR) is 83.2 cm³/mol. The third kappa shape index (κ3) is 3.84. The minimum absolute atomic E-state index is 0.234. The van der Waals surface area contributed by atoms with Crippen LogP contribution in [0.3, 0.4) is 0 Å². The van der Waals surface area contributed by atoms with Crippen LogP contribution in [0.2, 0.25) is 5.02 Å². The Morgan fingerprint density at radius 1 is 1.04 bits per heavy atom. The highest BCUT2D eigenvalue weighted by Crippen LogP contribution is 2.29. The molecule has 7 heteroatoms. The second-order valence-corrected chi connectivity index (χ2v) is 5.13. The zero-order valence-electron chi connectivity index (χ0n) is 11.6. The average molecular weight is 339 g/mol. The first-order valence-corrected chi connectivity index (χ1v) is 6.96. The molecular formula is C16H10ClF3N2O. The van der Waals surface area contributed by atoms with Gasteiger partial charge in [0.05, 0.1) is 0 Å². The van der Waals surface area contributed by atoms with E-state index in [0.29, 0.717) is 10.7 Å². The van der Waals surface area contributed by atoms with Crippen LogP contribution in [0, 0.1) is 0 Å². The number of anilines is 2. The Morgan fingerprint density at radius 3 is 2.65 bits per heavy atom. The number of benzene rings is 2. The summed E-state index contributed by atoms with van der Waals surface area (Å²) < 4.78 is 40.6. The van der Waals surface area contributed by atoms with E-state index in [9.17, 15) is 13.2 Å². The molecule has 3 rings (SSSR count). The molecule has 0 bridgehead atoms. The van der Waals surface area contributed by atoms with E-state index in [2.05, 4.69) is 15.0 Å². The maximum absolute atomic E-state index is 12.2. The monoisotopic (exact) mass is 338 g/mol. The number of halogens is 4. The van der Waals surface area contributed by atoms with Gasteiger partial charge in [-0.3, -0.25) is 0 Å². The molecule has 118 valence electrons. The Hall–Kier alpha value is -2.47. The van der Waals surface area contributed by atoms with Gasteiger partial charge < -0.3 is 10.1 Å². The molecule has 0 unspecified atom stereocenters. The Kier molecular flexibility index (Phi) is 4.00. The summed E-state index contributed by atoms with van der Waals surface area (Å²) in [5.74, 6) is -0.105. The molecule has 0 radical (unpaired) electrons. The van der Waals surface area contributed by atoms with Crippen molar-refractivity contribution in [3.63, 3.8) is 0 Å². The summed E-state index contributed by atoms with van der Waals surface area (Å²) in [6, 6.07) is 13.3. The number of nitrogens with zero attached hydrogens (tertiary/aromatic N) is 1.